The number of allylic oxidation sites excluding steroid dienone is 2. The van der Waals surface area contributed by atoms with Gasteiger partial charge >= 0.3 is 12.4 Å². The Hall–Kier alpha value is -0.750. The summed E-state index contributed by atoms with van der Waals surface area (Å²) in [5, 5.41) is 0. The van der Waals surface area contributed by atoms with Crippen LogP contribution in [0.5, 0.6) is 0 Å². The summed E-state index contributed by atoms with van der Waals surface area (Å²) in [4.78, 5) is 0. The predicted molar refractivity (Wildman–Crippen MR) is 37.6 cm³/mol. The molecule has 0 N–H and O–H groups in total. The Balaban J connectivity index is 3.16. The molecule has 0 aromatic carbocycles. The number of hydrogen-bond donors (Lipinski definition) is 0. The molecule has 0 bridgehead atoms. The Morgan fingerprint density at radius 1 is 0.933 bits per heavy atom. The van der Waals surface area contributed by atoms with Gasteiger partial charge in [-0.2, -0.15) is 26.3 Å². The van der Waals surface area contributed by atoms with Crippen LogP contribution in [0.4, 0.5) is 30.7 Å². The summed E-state index contributed by atoms with van der Waals surface area (Å²) in [5.74, 6) is -1.32. The maximum absolute atomic E-state index is 12.8. The van der Waals surface area contributed by atoms with Crippen molar-refractivity contribution in [2.75, 3.05) is 0 Å². The molecule has 0 radical (unpaired) electrons. The van der Waals surface area contributed by atoms with Crippen molar-refractivity contribution >= 4 is 0 Å². The van der Waals surface area contributed by atoms with E-state index < -0.39 is 42.0 Å². The summed E-state index contributed by atoms with van der Waals surface area (Å²) in [6, 6.07) is 0. The molecule has 7 heteroatoms. The van der Waals surface area contributed by atoms with Crippen LogP contribution in [-0.2, 0) is 0 Å². The lowest BCUT2D eigenvalue weighted by Gasteiger charge is -2.33. The van der Waals surface area contributed by atoms with Crippen molar-refractivity contribution in [3.63, 3.8) is 0 Å². The molecule has 15 heavy (non-hydrogen) atoms. The molecule has 1 aliphatic rings. The lowest BCUT2D eigenvalue weighted by molar-refractivity contribution is -0.338. The maximum atomic E-state index is 12.8. The summed E-state index contributed by atoms with van der Waals surface area (Å²) < 4.78 is 86.8. The van der Waals surface area contributed by atoms with Gasteiger partial charge in [-0.1, -0.05) is 0 Å². The molecule has 0 aliphatic heterocycles. The fraction of sp³-hybridized carbons (Fsp3) is 0.750. The smallest absolute Gasteiger partial charge is 0.212 e. The predicted octanol–water partition coefficient (Wildman–Crippen LogP) is 4.13. The van der Waals surface area contributed by atoms with Gasteiger partial charge in [-0.05, 0) is 18.9 Å². The lowest BCUT2D eigenvalue weighted by Crippen LogP contribution is -2.48. The molecule has 0 atom stereocenters. The quantitative estimate of drug-likeness (QED) is 0.554. The average Bonchev–Trinajstić information content (AvgIpc) is 2.26. The van der Waals surface area contributed by atoms with Crippen LogP contribution in [0.25, 0.3) is 0 Å². The Bertz CT molecular complexity index is 263. The monoisotopic (exact) mass is 236 g/mol. The van der Waals surface area contributed by atoms with E-state index in [0.717, 1.165) is 6.92 Å². The first-order valence-electron chi connectivity index (χ1n) is 3.99. The van der Waals surface area contributed by atoms with Gasteiger partial charge in [-0.15, -0.1) is 0 Å². The van der Waals surface area contributed by atoms with Crippen molar-refractivity contribution in [1.29, 1.82) is 0 Å². The van der Waals surface area contributed by atoms with Gasteiger partial charge in [-0.25, -0.2) is 4.39 Å². The first-order chi connectivity index (χ1) is 6.51. The first-order valence-corrected chi connectivity index (χ1v) is 3.99. The van der Waals surface area contributed by atoms with Gasteiger partial charge in [0, 0.05) is 6.42 Å². The third kappa shape index (κ3) is 1.72. The first kappa shape index (κ1) is 12.3. The Morgan fingerprint density at radius 2 is 1.33 bits per heavy atom. The van der Waals surface area contributed by atoms with E-state index in [1.807, 2.05) is 0 Å². The van der Waals surface area contributed by atoms with Crippen LogP contribution >= 0.6 is 0 Å². The Morgan fingerprint density at radius 3 is 1.47 bits per heavy atom. The van der Waals surface area contributed by atoms with Gasteiger partial charge in [0.1, 0.15) is 5.83 Å². The van der Waals surface area contributed by atoms with Crippen LogP contribution in [0.2, 0.25) is 0 Å². The van der Waals surface area contributed by atoms with Crippen molar-refractivity contribution in [2.24, 2.45) is 5.41 Å². The largest absolute Gasteiger partial charge is 0.403 e. The molecule has 88 valence electrons. The zero-order chi connectivity index (χ0) is 12.1. The number of hydrogen-bond acceptors (Lipinski definition) is 0. The molecule has 0 aromatic heterocycles. The fourth-order valence-corrected chi connectivity index (χ4v) is 1.59. The summed E-state index contributed by atoms with van der Waals surface area (Å²) in [7, 11) is 0. The number of alkyl halides is 6. The number of rotatable bonds is 0. The van der Waals surface area contributed by atoms with Crippen molar-refractivity contribution in [1.82, 2.24) is 0 Å². The molecule has 0 spiro atoms. The summed E-state index contributed by atoms with van der Waals surface area (Å²) >= 11 is 0. The highest BCUT2D eigenvalue weighted by atomic mass is 19.4. The average molecular weight is 236 g/mol. The fourth-order valence-electron chi connectivity index (χ4n) is 1.59. The molecule has 0 amide bonds. The second kappa shape index (κ2) is 3.12. The van der Waals surface area contributed by atoms with Gasteiger partial charge in [0.15, 0.2) is 5.41 Å². The van der Waals surface area contributed by atoms with Gasteiger partial charge in [-0.3, -0.25) is 0 Å². The topological polar surface area (TPSA) is 0 Å². The van der Waals surface area contributed by atoms with Crippen molar-refractivity contribution < 1.29 is 30.7 Å². The van der Waals surface area contributed by atoms with Crippen LogP contribution in [0, 0.1) is 5.41 Å². The highest BCUT2D eigenvalue weighted by Crippen LogP contribution is 2.60. The minimum absolute atomic E-state index is 0.482. The third-order valence-corrected chi connectivity index (χ3v) is 2.57. The molecule has 0 saturated carbocycles. The molecule has 1 aliphatic carbocycles. The molecule has 1 rings (SSSR count). The van der Waals surface area contributed by atoms with E-state index >= 15 is 0 Å². The van der Waals surface area contributed by atoms with Crippen molar-refractivity contribution in [2.45, 2.75) is 32.1 Å². The maximum Gasteiger partial charge on any atom is 0.403 e. The van der Waals surface area contributed by atoms with E-state index in [1.165, 1.54) is 0 Å². The zero-order valence-electron chi connectivity index (χ0n) is 7.56. The summed E-state index contributed by atoms with van der Waals surface area (Å²) in [6.07, 6.45) is -13.9. The Kier molecular flexibility index (Phi) is 2.56. The van der Waals surface area contributed by atoms with Gasteiger partial charge in [0.2, 0.25) is 0 Å². The SMILES string of the molecule is CC1=C(F)CC(C(F)(F)F)(C(F)(F)F)C1. The third-order valence-electron chi connectivity index (χ3n) is 2.57. The second-order valence-electron chi connectivity index (χ2n) is 3.62. The molecule has 0 heterocycles. The van der Waals surface area contributed by atoms with Gasteiger partial charge < -0.3 is 0 Å². The van der Waals surface area contributed by atoms with E-state index in [2.05, 4.69) is 0 Å². The zero-order valence-corrected chi connectivity index (χ0v) is 7.56. The molecule has 0 nitrogen and oxygen atoms in total. The van der Waals surface area contributed by atoms with E-state index in [1.54, 1.807) is 0 Å². The van der Waals surface area contributed by atoms with Gasteiger partial charge in [0.05, 0.1) is 0 Å². The highest BCUT2D eigenvalue weighted by molar-refractivity contribution is 5.21. The minimum atomic E-state index is -5.49. The van der Waals surface area contributed by atoms with E-state index in [4.69, 9.17) is 0 Å². The molecule has 0 aromatic rings. The van der Waals surface area contributed by atoms with Gasteiger partial charge in [0.25, 0.3) is 0 Å². The van der Waals surface area contributed by atoms with Crippen molar-refractivity contribution in [3.8, 4) is 0 Å². The normalized spacial score (nSPS) is 22.4. The molecular weight excluding hydrogens is 229 g/mol. The minimum Gasteiger partial charge on any atom is -0.212 e. The summed E-state index contributed by atoms with van der Waals surface area (Å²) in [6.45, 7) is 0.939. The van der Waals surface area contributed by atoms with Crippen LogP contribution < -0.4 is 0 Å². The van der Waals surface area contributed by atoms with E-state index in [9.17, 15) is 30.7 Å². The Labute approximate surface area is 80.8 Å². The summed E-state index contributed by atoms with van der Waals surface area (Å²) in [5.41, 5.74) is -4.42. The standard InChI is InChI=1S/C8H7F7/c1-4-2-6(3-5(4)9,7(10,11)12)8(13,14)15/h2-3H2,1H3. The molecule has 0 unspecified atom stereocenters. The van der Waals surface area contributed by atoms with Crippen LogP contribution in [0.15, 0.2) is 11.4 Å². The molecule has 0 fully saturated rings. The van der Waals surface area contributed by atoms with Crippen LogP contribution in [-0.4, -0.2) is 12.4 Å². The van der Waals surface area contributed by atoms with Crippen molar-refractivity contribution in [3.05, 3.63) is 11.4 Å². The van der Waals surface area contributed by atoms with Crippen LogP contribution in [0.1, 0.15) is 19.8 Å². The molecular formula is C8H7F7. The second-order valence-corrected chi connectivity index (χ2v) is 3.62. The van der Waals surface area contributed by atoms with E-state index in [-0.39, 0.29) is 0 Å². The number of halogens is 7. The lowest BCUT2D eigenvalue weighted by atomic mass is 9.83. The van der Waals surface area contributed by atoms with Crippen LogP contribution in [0.3, 0.4) is 0 Å². The molecule has 0 saturated heterocycles. The highest BCUT2D eigenvalue weighted by Gasteiger charge is 2.72. The van der Waals surface area contributed by atoms with E-state index in [0.29, 0.717) is 0 Å².